The van der Waals surface area contributed by atoms with Crippen LogP contribution in [-0.2, 0) is 0 Å². The minimum Gasteiger partial charge on any atom is -0.496 e. The van der Waals surface area contributed by atoms with E-state index in [2.05, 4.69) is 44.3 Å². The molecule has 2 heteroatoms. The Hall–Kier alpha value is -1.02. The lowest BCUT2D eigenvalue weighted by Crippen LogP contribution is -2.32. The van der Waals surface area contributed by atoms with E-state index in [4.69, 9.17) is 4.74 Å². The van der Waals surface area contributed by atoms with Crippen molar-refractivity contribution in [2.75, 3.05) is 13.7 Å². The SMILES string of the molecule is CCCNC(c1cc(C)ccc1OC)C1CCCC(C)C1. The summed E-state index contributed by atoms with van der Waals surface area (Å²) in [6, 6.07) is 7.01. The summed E-state index contributed by atoms with van der Waals surface area (Å²) in [4.78, 5) is 0. The molecule has 0 heterocycles. The molecule has 1 saturated carbocycles. The van der Waals surface area contributed by atoms with Crippen molar-refractivity contribution in [3.05, 3.63) is 29.3 Å². The highest BCUT2D eigenvalue weighted by Gasteiger charge is 2.29. The Kier molecular flexibility index (Phi) is 6.10. The van der Waals surface area contributed by atoms with E-state index < -0.39 is 0 Å². The second-order valence-corrected chi connectivity index (χ2v) is 6.71. The lowest BCUT2D eigenvalue weighted by atomic mass is 9.76. The molecule has 118 valence electrons. The molecule has 3 atom stereocenters. The first-order valence-electron chi connectivity index (χ1n) is 8.53. The van der Waals surface area contributed by atoms with Crippen molar-refractivity contribution in [3.63, 3.8) is 0 Å². The summed E-state index contributed by atoms with van der Waals surface area (Å²) in [5.41, 5.74) is 2.67. The minimum atomic E-state index is 0.433. The Bertz CT molecular complexity index is 443. The average Bonchev–Trinajstić information content (AvgIpc) is 2.48. The Morgan fingerprint density at radius 1 is 1.33 bits per heavy atom. The summed E-state index contributed by atoms with van der Waals surface area (Å²) < 4.78 is 5.64. The molecule has 1 aliphatic rings. The van der Waals surface area contributed by atoms with E-state index in [1.54, 1.807) is 7.11 Å². The van der Waals surface area contributed by atoms with Gasteiger partial charge in [-0.05, 0) is 50.6 Å². The summed E-state index contributed by atoms with van der Waals surface area (Å²) in [5, 5.41) is 3.80. The van der Waals surface area contributed by atoms with Crippen LogP contribution in [0.4, 0.5) is 0 Å². The molecule has 1 aromatic carbocycles. The highest BCUT2D eigenvalue weighted by Crippen LogP contribution is 2.40. The number of nitrogens with one attached hydrogen (secondary N) is 1. The molecule has 0 saturated heterocycles. The minimum absolute atomic E-state index is 0.433. The highest BCUT2D eigenvalue weighted by atomic mass is 16.5. The zero-order valence-electron chi connectivity index (χ0n) is 14.1. The van der Waals surface area contributed by atoms with Gasteiger partial charge in [-0.15, -0.1) is 0 Å². The molecule has 3 unspecified atom stereocenters. The summed E-state index contributed by atoms with van der Waals surface area (Å²) in [6.07, 6.45) is 6.60. The second kappa shape index (κ2) is 7.84. The molecular weight excluding hydrogens is 258 g/mol. The van der Waals surface area contributed by atoms with Gasteiger partial charge in [-0.3, -0.25) is 0 Å². The molecule has 0 bridgehead atoms. The van der Waals surface area contributed by atoms with Crippen molar-refractivity contribution in [3.8, 4) is 5.75 Å². The zero-order chi connectivity index (χ0) is 15.2. The molecular formula is C19H31NO. The van der Waals surface area contributed by atoms with E-state index >= 15 is 0 Å². The van der Waals surface area contributed by atoms with Crippen molar-refractivity contribution in [2.24, 2.45) is 11.8 Å². The van der Waals surface area contributed by atoms with Gasteiger partial charge in [-0.25, -0.2) is 0 Å². The quantitative estimate of drug-likeness (QED) is 0.806. The fourth-order valence-electron chi connectivity index (χ4n) is 3.71. The predicted molar refractivity (Wildman–Crippen MR) is 89.9 cm³/mol. The van der Waals surface area contributed by atoms with Crippen LogP contribution in [-0.4, -0.2) is 13.7 Å². The third-order valence-corrected chi connectivity index (χ3v) is 4.78. The Morgan fingerprint density at radius 2 is 2.14 bits per heavy atom. The van der Waals surface area contributed by atoms with Crippen LogP contribution >= 0.6 is 0 Å². The number of ether oxygens (including phenoxy) is 1. The zero-order valence-corrected chi connectivity index (χ0v) is 14.1. The maximum absolute atomic E-state index is 5.64. The first-order chi connectivity index (χ1) is 10.2. The number of benzene rings is 1. The lowest BCUT2D eigenvalue weighted by molar-refractivity contribution is 0.220. The molecule has 2 nitrogen and oxygen atoms in total. The van der Waals surface area contributed by atoms with Gasteiger partial charge in [0.2, 0.25) is 0 Å². The van der Waals surface area contributed by atoms with Gasteiger partial charge in [0.1, 0.15) is 5.75 Å². The lowest BCUT2D eigenvalue weighted by Gasteiger charge is -2.35. The van der Waals surface area contributed by atoms with Crippen molar-refractivity contribution in [2.45, 2.75) is 58.9 Å². The van der Waals surface area contributed by atoms with Crippen LogP contribution in [0.15, 0.2) is 18.2 Å². The third kappa shape index (κ3) is 4.23. The van der Waals surface area contributed by atoms with Gasteiger partial charge < -0.3 is 10.1 Å². The number of rotatable bonds is 6. The van der Waals surface area contributed by atoms with E-state index in [1.165, 1.54) is 43.2 Å². The monoisotopic (exact) mass is 289 g/mol. The number of hydrogen-bond acceptors (Lipinski definition) is 2. The third-order valence-electron chi connectivity index (χ3n) is 4.78. The van der Waals surface area contributed by atoms with Gasteiger partial charge in [0.25, 0.3) is 0 Å². The van der Waals surface area contributed by atoms with Crippen molar-refractivity contribution in [1.29, 1.82) is 0 Å². The number of aryl methyl sites for hydroxylation is 1. The van der Waals surface area contributed by atoms with Crippen molar-refractivity contribution >= 4 is 0 Å². The number of hydrogen-bond donors (Lipinski definition) is 1. The largest absolute Gasteiger partial charge is 0.496 e. The molecule has 2 rings (SSSR count). The molecule has 21 heavy (non-hydrogen) atoms. The molecule has 1 aromatic rings. The summed E-state index contributed by atoms with van der Waals surface area (Å²) >= 11 is 0. The predicted octanol–water partition coefficient (Wildman–Crippen LogP) is 4.87. The Balaban J connectivity index is 2.28. The van der Waals surface area contributed by atoms with E-state index in [9.17, 15) is 0 Å². The highest BCUT2D eigenvalue weighted by molar-refractivity contribution is 5.39. The van der Waals surface area contributed by atoms with Gasteiger partial charge in [0.15, 0.2) is 0 Å². The van der Waals surface area contributed by atoms with E-state index in [1.807, 2.05) is 0 Å². The molecule has 1 N–H and O–H groups in total. The Labute approximate surface area is 130 Å². The van der Waals surface area contributed by atoms with E-state index in [0.717, 1.165) is 24.1 Å². The van der Waals surface area contributed by atoms with Crippen LogP contribution in [0.3, 0.4) is 0 Å². The fraction of sp³-hybridized carbons (Fsp3) is 0.684. The average molecular weight is 289 g/mol. The summed E-state index contributed by atoms with van der Waals surface area (Å²) in [6.45, 7) is 7.88. The molecule has 0 aromatic heterocycles. The van der Waals surface area contributed by atoms with E-state index in [0.29, 0.717) is 6.04 Å². The molecule has 0 radical (unpaired) electrons. The van der Waals surface area contributed by atoms with Crippen LogP contribution in [0.2, 0.25) is 0 Å². The summed E-state index contributed by atoms with van der Waals surface area (Å²) in [7, 11) is 1.79. The topological polar surface area (TPSA) is 21.3 Å². The fourth-order valence-corrected chi connectivity index (χ4v) is 3.71. The first kappa shape index (κ1) is 16.4. The van der Waals surface area contributed by atoms with Crippen LogP contribution < -0.4 is 10.1 Å². The molecule has 0 aliphatic heterocycles. The van der Waals surface area contributed by atoms with Gasteiger partial charge in [-0.1, -0.05) is 44.4 Å². The van der Waals surface area contributed by atoms with Crippen LogP contribution in [0.1, 0.15) is 63.1 Å². The van der Waals surface area contributed by atoms with Crippen molar-refractivity contribution < 1.29 is 4.74 Å². The van der Waals surface area contributed by atoms with Crippen LogP contribution in [0.25, 0.3) is 0 Å². The molecule has 1 fully saturated rings. The summed E-state index contributed by atoms with van der Waals surface area (Å²) in [5.74, 6) is 2.62. The van der Waals surface area contributed by atoms with Crippen LogP contribution in [0.5, 0.6) is 5.75 Å². The maximum atomic E-state index is 5.64. The van der Waals surface area contributed by atoms with Gasteiger partial charge in [-0.2, -0.15) is 0 Å². The molecule has 1 aliphatic carbocycles. The van der Waals surface area contributed by atoms with E-state index in [-0.39, 0.29) is 0 Å². The normalized spacial score (nSPS) is 23.8. The standard InChI is InChI=1S/C19H31NO/c1-5-11-20-19(16-8-6-7-14(2)12-16)17-13-15(3)9-10-18(17)21-4/h9-10,13-14,16,19-20H,5-8,11-12H2,1-4H3. The Morgan fingerprint density at radius 3 is 2.81 bits per heavy atom. The van der Waals surface area contributed by atoms with Gasteiger partial charge in [0, 0.05) is 11.6 Å². The second-order valence-electron chi connectivity index (χ2n) is 6.71. The number of methoxy groups -OCH3 is 1. The van der Waals surface area contributed by atoms with Crippen molar-refractivity contribution in [1.82, 2.24) is 5.32 Å². The molecule has 0 spiro atoms. The first-order valence-corrected chi connectivity index (χ1v) is 8.53. The van der Waals surface area contributed by atoms with Gasteiger partial charge >= 0.3 is 0 Å². The van der Waals surface area contributed by atoms with Crippen LogP contribution in [0, 0.1) is 18.8 Å². The smallest absolute Gasteiger partial charge is 0.123 e. The van der Waals surface area contributed by atoms with Gasteiger partial charge in [0.05, 0.1) is 7.11 Å². The maximum Gasteiger partial charge on any atom is 0.123 e. The molecule has 0 amide bonds.